The van der Waals surface area contributed by atoms with E-state index in [1.54, 1.807) is 12.1 Å². The molecule has 5 nitrogen and oxygen atoms in total. The van der Waals surface area contributed by atoms with Crippen LogP contribution in [0.15, 0.2) is 18.2 Å². The molecule has 5 heteroatoms. The largest absolute Gasteiger partial charge is 0.490 e. The SMILES string of the molecule is COc1ccc([C@@H]2CCCN2)cc1[N+](=O)[O-]. The van der Waals surface area contributed by atoms with Gasteiger partial charge in [0.2, 0.25) is 0 Å². The van der Waals surface area contributed by atoms with E-state index in [-0.39, 0.29) is 11.7 Å². The smallest absolute Gasteiger partial charge is 0.311 e. The molecular formula is C11H14N2O3. The number of rotatable bonds is 3. The number of nitrogens with zero attached hydrogens (tertiary/aromatic N) is 1. The zero-order valence-electron chi connectivity index (χ0n) is 9.10. The van der Waals surface area contributed by atoms with Crippen molar-refractivity contribution in [1.29, 1.82) is 0 Å². The van der Waals surface area contributed by atoms with Crippen molar-refractivity contribution in [3.8, 4) is 5.75 Å². The van der Waals surface area contributed by atoms with Crippen molar-refractivity contribution in [3.05, 3.63) is 33.9 Å². The topological polar surface area (TPSA) is 64.4 Å². The molecule has 2 rings (SSSR count). The van der Waals surface area contributed by atoms with Crippen LogP contribution in [0.5, 0.6) is 5.75 Å². The lowest BCUT2D eigenvalue weighted by Gasteiger charge is -2.11. The first-order valence-electron chi connectivity index (χ1n) is 5.28. The summed E-state index contributed by atoms with van der Waals surface area (Å²) in [5, 5.41) is 14.2. The van der Waals surface area contributed by atoms with E-state index in [9.17, 15) is 10.1 Å². The highest BCUT2D eigenvalue weighted by Crippen LogP contribution is 2.32. The van der Waals surface area contributed by atoms with Crippen LogP contribution in [-0.4, -0.2) is 18.6 Å². The molecule has 0 amide bonds. The number of hydrogen-bond donors (Lipinski definition) is 1. The molecule has 0 radical (unpaired) electrons. The number of ether oxygens (including phenoxy) is 1. The lowest BCUT2D eigenvalue weighted by molar-refractivity contribution is -0.385. The van der Waals surface area contributed by atoms with E-state index in [0.29, 0.717) is 5.75 Å². The van der Waals surface area contributed by atoms with E-state index >= 15 is 0 Å². The van der Waals surface area contributed by atoms with Gasteiger partial charge in [-0.2, -0.15) is 0 Å². The molecule has 1 atom stereocenters. The maximum absolute atomic E-state index is 10.9. The van der Waals surface area contributed by atoms with Crippen molar-refractivity contribution in [1.82, 2.24) is 5.32 Å². The van der Waals surface area contributed by atoms with Crippen molar-refractivity contribution >= 4 is 5.69 Å². The lowest BCUT2D eigenvalue weighted by Crippen LogP contribution is -2.13. The fourth-order valence-corrected chi connectivity index (χ4v) is 2.04. The third kappa shape index (κ3) is 1.99. The number of methoxy groups -OCH3 is 1. The Balaban J connectivity index is 2.34. The van der Waals surface area contributed by atoms with Crippen molar-refractivity contribution in [2.24, 2.45) is 0 Å². The van der Waals surface area contributed by atoms with Crippen LogP contribution in [0.3, 0.4) is 0 Å². The molecule has 1 aliphatic heterocycles. The van der Waals surface area contributed by atoms with E-state index < -0.39 is 4.92 Å². The molecule has 0 saturated carbocycles. The highest BCUT2D eigenvalue weighted by Gasteiger charge is 2.21. The second kappa shape index (κ2) is 4.49. The zero-order valence-corrected chi connectivity index (χ0v) is 9.10. The lowest BCUT2D eigenvalue weighted by atomic mass is 10.0. The van der Waals surface area contributed by atoms with Crippen LogP contribution in [0.25, 0.3) is 0 Å². The van der Waals surface area contributed by atoms with Crippen molar-refractivity contribution in [2.45, 2.75) is 18.9 Å². The second-order valence-electron chi connectivity index (χ2n) is 3.84. The molecule has 1 saturated heterocycles. The Bertz CT molecular complexity index is 400. The van der Waals surface area contributed by atoms with E-state index in [1.165, 1.54) is 7.11 Å². The monoisotopic (exact) mass is 222 g/mol. The van der Waals surface area contributed by atoms with Crippen LogP contribution < -0.4 is 10.1 Å². The van der Waals surface area contributed by atoms with Gasteiger partial charge < -0.3 is 10.1 Å². The van der Waals surface area contributed by atoms with Crippen LogP contribution in [0.2, 0.25) is 0 Å². The highest BCUT2D eigenvalue weighted by atomic mass is 16.6. The molecule has 0 bridgehead atoms. The molecule has 1 heterocycles. The van der Waals surface area contributed by atoms with Crippen LogP contribution in [0, 0.1) is 10.1 Å². The van der Waals surface area contributed by atoms with Crippen molar-refractivity contribution in [3.63, 3.8) is 0 Å². The maximum Gasteiger partial charge on any atom is 0.311 e. The number of benzene rings is 1. The number of hydrogen-bond acceptors (Lipinski definition) is 4. The summed E-state index contributed by atoms with van der Waals surface area (Å²) in [6.45, 7) is 0.977. The zero-order chi connectivity index (χ0) is 11.5. The molecule has 86 valence electrons. The Morgan fingerprint density at radius 1 is 1.56 bits per heavy atom. The molecule has 0 aliphatic carbocycles. The fraction of sp³-hybridized carbons (Fsp3) is 0.455. The molecule has 1 aromatic rings. The molecular weight excluding hydrogens is 208 g/mol. The van der Waals surface area contributed by atoms with Gasteiger partial charge in [0.25, 0.3) is 0 Å². The van der Waals surface area contributed by atoms with Gasteiger partial charge in [-0.1, -0.05) is 6.07 Å². The summed E-state index contributed by atoms with van der Waals surface area (Å²) in [4.78, 5) is 10.4. The molecule has 1 N–H and O–H groups in total. The predicted octanol–water partition coefficient (Wildman–Crippen LogP) is 2.03. The van der Waals surface area contributed by atoms with Gasteiger partial charge in [0, 0.05) is 12.1 Å². The van der Waals surface area contributed by atoms with Crippen molar-refractivity contribution < 1.29 is 9.66 Å². The normalized spacial score (nSPS) is 19.7. The molecule has 1 fully saturated rings. The number of nitro groups is 1. The maximum atomic E-state index is 10.9. The summed E-state index contributed by atoms with van der Waals surface area (Å²) in [6, 6.07) is 5.38. The van der Waals surface area contributed by atoms with E-state index in [1.807, 2.05) is 6.07 Å². The number of nitro benzene ring substituents is 1. The summed E-state index contributed by atoms with van der Waals surface area (Å²) in [5.41, 5.74) is 0.999. The molecule has 1 aliphatic rings. The van der Waals surface area contributed by atoms with Crippen molar-refractivity contribution in [2.75, 3.05) is 13.7 Å². The summed E-state index contributed by atoms with van der Waals surface area (Å²) in [5.74, 6) is 0.312. The predicted molar refractivity (Wildman–Crippen MR) is 59.6 cm³/mol. The standard InChI is InChI=1S/C11H14N2O3/c1-16-11-5-4-8(7-10(11)13(14)15)9-3-2-6-12-9/h4-5,7,9,12H,2-3,6H2,1H3/t9-/m0/s1. The van der Waals surface area contributed by atoms with E-state index in [2.05, 4.69) is 5.32 Å². The highest BCUT2D eigenvalue weighted by molar-refractivity contribution is 5.49. The van der Waals surface area contributed by atoms with Crippen LogP contribution in [0.1, 0.15) is 24.4 Å². The molecule has 1 aromatic carbocycles. The van der Waals surface area contributed by atoms with Gasteiger partial charge in [-0.25, -0.2) is 0 Å². The quantitative estimate of drug-likeness (QED) is 0.627. The minimum Gasteiger partial charge on any atom is -0.490 e. The molecule has 0 spiro atoms. The summed E-state index contributed by atoms with van der Waals surface area (Å²) >= 11 is 0. The minimum atomic E-state index is -0.405. The first-order chi connectivity index (χ1) is 7.72. The van der Waals surface area contributed by atoms with Gasteiger partial charge in [0.15, 0.2) is 5.75 Å². The summed E-state index contributed by atoms with van der Waals surface area (Å²) in [7, 11) is 1.44. The Hall–Kier alpha value is -1.62. The van der Waals surface area contributed by atoms with Gasteiger partial charge in [-0.3, -0.25) is 10.1 Å². The average molecular weight is 222 g/mol. The third-order valence-corrected chi connectivity index (χ3v) is 2.86. The van der Waals surface area contributed by atoms with Gasteiger partial charge in [0.05, 0.1) is 12.0 Å². The van der Waals surface area contributed by atoms with Crippen LogP contribution in [0.4, 0.5) is 5.69 Å². The summed E-state index contributed by atoms with van der Waals surface area (Å²) in [6.07, 6.45) is 2.15. The number of nitrogens with one attached hydrogen (secondary N) is 1. The van der Waals surface area contributed by atoms with Gasteiger partial charge in [-0.05, 0) is 31.0 Å². The molecule has 0 unspecified atom stereocenters. The van der Waals surface area contributed by atoms with E-state index in [0.717, 1.165) is 24.9 Å². The van der Waals surface area contributed by atoms with Gasteiger partial charge >= 0.3 is 5.69 Å². The van der Waals surface area contributed by atoms with Gasteiger partial charge in [-0.15, -0.1) is 0 Å². The Labute approximate surface area is 93.6 Å². The Morgan fingerprint density at radius 2 is 2.38 bits per heavy atom. The Kier molecular flexibility index (Phi) is 3.05. The first kappa shape index (κ1) is 10.9. The second-order valence-corrected chi connectivity index (χ2v) is 3.84. The van der Waals surface area contributed by atoms with E-state index in [4.69, 9.17) is 4.74 Å². The third-order valence-electron chi connectivity index (χ3n) is 2.86. The minimum absolute atomic E-state index is 0.0358. The summed E-state index contributed by atoms with van der Waals surface area (Å²) < 4.78 is 4.96. The first-order valence-corrected chi connectivity index (χ1v) is 5.28. The Morgan fingerprint density at radius 3 is 2.94 bits per heavy atom. The van der Waals surface area contributed by atoms with Gasteiger partial charge in [0.1, 0.15) is 0 Å². The molecule has 16 heavy (non-hydrogen) atoms. The van der Waals surface area contributed by atoms with Crippen LogP contribution >= 0.6 is 0 Å². The van der Waals surface area contributed by atoms with Crippen LogP contribution in [-0.2, 0) is 0 Å². The molecule has 0 aromatic heterocycles. The average Bonchev–Trinajstić information content (AvgIpc) is 2.81. The fourth-order valence-electron chi connectivity index (χ4n) is 2.04.